The lowest BCUT2D eigenvalue weighted by Crippen LogP contribution is -2.43. The van der Waals surface area contributed by atoms with Crippen LogP contribution in [0, 0.1) is 5.92 Å². The van der Waals surface area contributed by atoms with Crippen molar-refractivity contribution in [1.29, 1.82) is 0 Å². The van der Waals surface area contributed by atoms with Crippen molar-refractivity contribution in [3.05, 3.63) is 29.8 Å². The number of hydrogen-bond donors (Lipinski definition) is 1. The van der Waals surface area contributed by atoms with Gasteiger partial charge >= 0.3 is 0 Å². The molecule has 1 fully saturated rings. The maximum absolute atomic E-state index is 12.4. The molecule has 2 rings (SSSR count). The Hall–Kier alpha value is -1.40. The highest BCUT2D eigenvalue weighted by Gasteiger charge is 2.23. The molecule has 1 N–H and O–H groups in total. The molecule has 0 bridgehead atoms. The maximum Gasteiger partial charge on any atom is 0.241 e. The molecule has 1 aliphatic heterocycles. The van der Waals surface area contributed by atoms with Crippen LogP contribution in [0.2, 0.25) is 0 Å². The van der Waals surface area contributed by atoms with Crippen LogP contribution < -0.4 is 4.72 Å². The van der Waals surface area contributed by atoms with Gasteiger partial charge in [-0.25, -0.2) is 13.1 Å². The smallest absolute Gasteiger partial charge is 0.241 e. The lowest BCUT2D eigenvalue weighted by atomic mass is 9.87. The Labute approximate surface area is 145 Å². The largest absolute Gasteiger partial charge is 0.342 e. The molecular weight excluding hydrogens is 324 g/mol. The van der Waals surface area contributed by atoms with Crippen LogP contribution in [0.4, 0.5) is 0 Å². The Morgan fingerprint density at radius 2 is 1.71 bits per heavy atom. The van der Waals surface area contributed by atoms with Crippen LogP contribution in [0.15, 0.2) is 29.2 Å². The van der Waals surface area contributed by atoms with Crippen LogP contribution in [0.3, 0.4) is 0 Å². The fourth-order valence-corrected chi connectivity index (χ4v) is 3.72. The Bertz CT molecular complexity index is 667. The van der Waals surface area contributed by atoms with Crippen LogP contribution in [0.5, 0.6) is 0 Å². The molecule has 1 aliphatic rings. The first-order chi connectivity index (χ1) is 11.1. The first-order valence-electron chi connectivity index (χ1n) is 8.47. The first-order valence-corrected chi connectivity index (χ1v) is 9.96. The Balaban J connectivity index is 1.97. The van der Waals surface area contributed by atoms with Gasteiger partial charge in [-0.2, -0.15) is 0 Å². The van der Waals surface area contributed by atoms with E-state index in [0.717, 1.165) is 18.4 Å². The van der Waals surface area contributed by atoms with Gasteiger partial charge in [0.05, 0.1) is 11.4 Å². The zero-order chi connectivity index (χ0) is 18.0. The van der Waals surface area contributed by atoms with Crippen LogP contribution in [0.1, 0.15) is 46.1 Å². The standard InChI is InChI=1S/C18H28N2O3S/c1-14-9-11-20(12-10-14)17(21)13-19-24(22,23)16-7-5-15(6-8-16)18(2,3)4/h5-8,14,19H,9-13H2,1-4H3. The number of amides is 1. The highest BCUT2D eigenvalue weighted by molar-refractivity contribution is 7.89. The average molecular weight is 353 g/mol. The van der Waals surface area contributed by atoms with Crippen LogP contribution in [-0.4, -0.2) is 38.9 Å². The van der Waals surface area contributed by atoms with Crippen LogP contribution in [0.25, 0.3) is 0 Å². The highest BCUT2D eigenvalue weighted by atomic mass is 32.2. The Kier molecular flexibility index (Phi) is 5.71. The molecular formula is C18H28N2O3S. The third kappa shape index (κ3) is 4.80. The van der Waals surface area contributed by atoms with E-state index in [-0.39, 0.29) is 22.8 Å². The number of carbonyl (C=O) groups excluding carboxylic acids is 1. The molecule has 24 heavy (non-hydrogen) atoms. The molecule has 1 saturated heterocycles. The number of hydrogen-bond acceptors (Lipinski definition) is 3. The van der Waals surface area contributed by atoms with Crippen LogP contribution in [-0.2, 0) is 20.2 Å². The minimum absolute atomic E-state index is 0.0307. The van der Waals surface area contributed by atoms with Crippen molar-refractivity contribution < 1.29 is 13.2 Å². The minimum Gasteiger partial charge on any atom is -0.342 e. The van der Waals surface area contributed by atoms with E-state index in [9.17, 15) is 13.2 Å². The van der Waals surface area contributed by atoms with Crippen molar-refractivity contribution in [3.63, 3.8) is 0 Å². The van der Waals surface area contributed by atoms with Crippen molar-refractivity contribution in [3.8, 4) is 0 Å². The molecule has 1 aromatic carbocycles. The number of carbonyl (C=O) groups is 1. The number of nitrogens with one attached hydrogen (secondary N) is 1. The van der Waals surface area contributed by atoms with Gasteiger partial charge in [0.1, 0.15) is 0 Å². The third-order valence-electron chi connectivity index (χ3n) is 4.58. The molecule has 0 spiro atoms. The summed E-state index contributed by atoms with van der Waals surface area (Å²) in [4.78, 5) is 14.1. The first kappa shape index (κ1) is 18.9. The molecule has 0 radical (unpaired) electrons. The lowest BCUT2D eigenvalue weighted by Gasteiger charge is -2.30. The van der Waals surface area contributed by atoms with Crippen LogP contribution >= 0.6 is 0 Å². The predicted molar refractivity (Wildman–Crippen MR) is 95.3 cm³/mol. The summed E-state index contributed by atoms with van der Waals surface area (Å²) in [5.41, 5.74) is 1.04. The molecule has 1 heterocycles. The van der Waals surface area contributed by atoms with Gasteiger partial charge < -0.3 is 4.90 Å². The van der Waals surface area contributed by atoms with E-state index in [0.29, 0.717) is 19.0 Å². The van der Waals surface area contributed by atoms with Gasteiger partial charge in [0.2, 0.25) is 15.9 Å². The average Bonchev–Trinajstić information content (AvgIpc) is 2.53. The van der Waals surface area contributed by atoms with Crippen molar-refractivity contribution in [2.45, 2.75) is 50.8 Å². The van der Waals surface area contributed by atoms with Crippen molar-refractivity contribution >= 4 is 15.9 Å². The zero-order valence-corrected chi connectivity index (χ0v) is 15.8. The van der Waals surface area contributed by atoms with Gasteiger partial charge in [-0.05, 0) is 41.9 Å². The predicted octanol–water partition coefficient (Wildman–Crippen LogP) is 2.52. The van der Waals surface area contributed by atoms with Crippen molar-refractivity contribution in [2.24, 2.45) is 5.92 Å². The summed E-state index contributed by atoms with van der Waals surface area (Å²) in [7, 11) is -3.66. The Morgan fingerprint density at radius 3 is 2.21 bits per heavy atom. The number of nitrogens with zero attached hydrogens (tertiary/aromatic N) is 1. The third-order valence-corrected chi connectivity index (χ3v) is 6.00. The molecule has 0 unspecified atom stereocenters. The van der Waals surface area contributed by atoms with Gasteiger partial charge in [-0.3, -0.25) is 4.79 Å². The summed E-state index contributed by atoms with van der Waals surface area (Å²) in [5.74, 6) is 0.476. The van der Waals surface area contributed by atoms with E-state index in [1.54, 1.807) is 17.0 Å². The second kappa shape index (κ2) is 7.23. The van der Waals surface area contributed by atoms with E-state index < -0.39 is 10.0 Å². The molecule has 6 heteroatoms. The molecule has 5 nitrogen and oxygen atoms in total. The summed E-state index contributed by atoms with van der Waals surface area (Å²) in [6, 6.07) is 6.83. The van der Waals surface area contributed by atoms with Gasteiger partial charge in [0.15, 0.2) is 0 Å². The molecule has 1 aromatic rings. The van der Waals surface area contributed by atoms with E-state index >= 15 is 0 Å². The molecule has 0 aliphatic carbocycles. The van der Waals surface area contributed by atoms with Gasteiger partial charge in [0, 0.05) is 13.1 Å². The topological polar surface area (TPSA) is 66.5 Å². The maximum atomic E-state index is 12.4. The molecule has 0 atom stereocenters. The molecule has 1 amide bonds. The van der Waals surface area contributed by atoms with E-state index in [1.807, 2.05) is 12.1 Å². The van der Waals surface area contributed by atoms with Crippen molar-refractivity contribution in [2.75, 3.05) is 19.6 Å². The Morgan fingerprint density at radius 1 is 1.17 bits per heavy atom. The summed E-state index contributed by atoms with van der Waals surface area (Å²) in [5, 5.41) is 0. The number of benzene rings is 1. The monoisotopic (exact) mass is 352 g/mol. The highest BCUT2D eigenvalue weighted by Crippen LogP contribution is 2.23. The number of likely N-dealkylation sites (tertiary alicyclic amines) is 1. The number of piperidine rings is 1. The fourth-order valence-electron chi connectivity index (χ4n) is 2.74. The molecule has 134 valence electrons. The quantitative estimate of drug-likeness (QED) is 0.905. The van der Waals surface area contributed by atoms with E-state index in [2.05, 4.69) is 32.4 Å². The minimum atomic E-state index is -3.66. The lowest BCUT2D eigenvalue weighted by molar-refractivity contribution is -0.131. The van der Waals surface area contributed by atoms with E-state index in [1.165, 1.54) is 0 Å². The van der Waals surface area contributed by atoms with Crippen molar-refractivity contribution in [1.82, 2.24) is 9.62 Å². The fraction of sp³-hybridized carbons (Fsp3) is 0.611. The molecule has 0 aromatic heterocycles. The molecule has 0 saturated carbocycles. The zero-order valence-electron chi connectivity index (χ0n) is 15.0. The summed E-state index contributed by atoms with van der Waals surface area (Å²) in [6.45, 7) is 9.64. The summed E-state index contributed by atoms with van der Waals surface area (Å²) in [6.07, 6.45) is 1.96. The van der Waals surface area contributed by atoms with E-state index in [4.69, 9.17) is 0 Å². The second-order valence-corrected chi connectivity index (χ2v) is 9.43. The van der Waals surface area contributed by atoms with Gasteiger partial charge in [-0.15, -0.1) is 0 Å². The number of rotatable bonds is 4. The second-order valence-electron chi connectivity index (χ2n) is 7.66. The van der Waals surface area contributed by atoms with Gasteiger partial charge in [0.25, 0.3) is 0 Å². The SMILES string of the molecule is CC1CCN(C(=O)CNS(=O)(=O)c2ccc(C(C)(C)C)cc2)CC1. The summed E-state index contributed by atoms with van der Waals surface area (Å²) >= 11 is 0. The summed E-state index contributed by atoms with van der Waals surface area (Å²) < 4.78 is 27.1. The number of sulfonamides is 1. The normalized spacial score (nSPS) is 17.1. The van der Waals surface area contributed by atoms with Gasteiger partial charge in [-0.1, -0.05) is 39.8 Å².